The van der Waals surface area contributed by atoms with Gasteiger partial charge in [0.1, 0.15) is 24.0 Å². The molecule has 0 fully saturated rings. The van der Waals surface area contributed by atoms with Gasteiger partial charge in [0.15, 0.2) is 0 Å². The van der Waals surface area contributed by atoms with Crippen LogP contribution in [0, 0.1) is 0 Å². The Labute approximate surface area is 158 Å². The first kappa shape index (κ1) is 18.1. The van der Waals surface area contributed by atoms with Crippen LogP contribution in [-0.4, -0.2) is 16.7 Å². The average Bonchev–Trinajstić information content (AvgIpc) is 3.19. The van der Waals surface area contributed by atoms with Crippen LogP contribution >= 0.6 is 11.6 Å². The summed E-state index contributed by atoms with van der Waals surface area (Å²) in [6, 6.07) is 21.4. The number of carbonyl (C=O) groups is 1. The van der Waals surface area contributed by atoms with Gasteiger partial charge < -0.3 is 14.1 Å². The molecule has 0 saturated heterocycles. The van der Waals surface area contributed by atoms with Gasteiger partial charge in [-0.15, -0.1) is 11.6 Å². The van der Waals surface area contributed by atoms with E-state index in [1.54, 1.807) is 17.2 Å². The van der Waals surface area contributed by atoms with E-state index in [1.165, 1.54) is 0 Å². The third kappa shape index (κ3) is 5.14. The Hall–Kier alpha value is -2.72. The number of hydrogen-bond acceptors (Lipinski definition) is 3. The number of furan rings is 1. The second-order valence-corrected chi connectivity index (χ2v) is 6.15. The zero-order chi connectivity index (χ0) is 18.2. The highest BCUT2D eigenvalue weighted by Crippen LogP contribution is 2.18. The molecule has 0 N–H and O–H groups in total. The molecule has 1 aromatic heterocycles. The van der Waals surface area contributed by atoms with E-state index in [0.29, 0.717) is 19.7 Å². The third-order valence-electron chi connectivity index (χ3n) is 3.91. The van der Waals surface area contributed by atoms with E-state index >= 15 is 0 Å². The molecule has 5 heteroatoms. The van der Waals surface area contributed by atoms with Crippen molar-refractivity contribution >= 4 is 17.5 Å². The molecule has 26 heavy (non-hydrogen) atoms. The van der Waals surface area contributed by atoms with E-state index < -0.39 is 0 Å². The number of ether oxygens (including phenoxy) is 1. The number of carbonyl (C=O) groups excluding carboxylic acids is 1. The van der Waals surface area contributed by atoms with Crippen molar-refractivity contribution in [1.82, 2.24) is 4.90 Å². The summed E-state index contributed by atoms with van der Waals surface area (Å²) in [6.45, 7) is 1.32. The van der Waals surface area contributed by atoms with Gasteiger partial charge in [0, 0.05) is 6.54 Å². The Morgan fingerprint density at radius 1 is 0.962 bits per heavy atom. The normalized spacial score (nSPS) is 10.5. The molecule has 0 bridgehead atoms. The number of rotatable bonds is 8. The van der Waals surface area contributed by atoms with Gasteiger partial charge in [0.25, 0.3) is 0 Å². The lowest BCUT2D eigenvalue weighted by Gasteiger charge is -2.21. The van der Waals surface area contributed by atoms with Crippen LogP contribution in [-0.2, 0) is 24.5 Å². The van der Waals surface area contributed by atoms with Crippen molar-refractivity contribution < 1.29 is 13.9 Å². The highest BCUT2D eigenvalue weighted by atomic mass is 35.5. The number of halogens is 1. The second kappa shape index (κ2) is 9.11. The summed E-state index contributed by atoms with van der Waals surface area (Å²) in [7, 11) is 0. The standard InChI is InChI=1S/C21H20ClNO3/c22-13-21(24)23(15-20-10-5-11-25-20)14-18-8-4-9-19(12-18)26-16-17-6-2-1-3-7-17/h1-12H,13-16H2. The molecule has 2 aromatic carbocycles. The first-order chi connectivity index (χ1) is 12.7. The maximum atomic E-state index is 12.2. The van der Waals surface area contributed by atoms with E-state index in [-0.39, 0.29) is 11.8 Å². The van der Waals surface area contributed by atoms with E-state index in [4.69, 9.17) is 20.8 Å². The summed E-state index contributed by atoms with van der Waals surface area (Å²) in [5.74, 6) is 1.28. The van der Waals surface area contributed by atoms with Crippen LogP contribution in [0.1, 0.15) is 16.9 Å². The molecule has 0 aliphatic carbocycles. The second-order valence-electron chi connectivity index (χ2n) is 5.88. The van der Waals surface area contributed by atoms with Gasteiger partial charge >= 0.3 is 0 Å². The van der Waals surface area contributed by atoms with Crippen LogP contribution in [0.4, 0.5) is 0 Å². The van der Waals surface area contributed by atoms with Gasteiger partial charge in [-0.1, -0.05) is 42.5 Å². The Bertz CT molecular complexity index is 818. The molecule has 1 amide bonds. The third-order valence-corrected chi connectivity index (χ3v) is 4.14. The molecule has 0 saturated carbocycles. The minimum atomic E-state index is -0.140. The molecular formula is C21H20ClNO3. The summed E-state index contributed by atoms with van der Waals surface area (Å²) < 4.78 is 11.2. The van der Waals surface area contributed by atoms with Crippen molar-refractivity contribution in [1.29, 1.82) is 0 Å². The van der Waals surface area contributed by atoms with E-state index in [0.717, 1.165) is 22.6 Å². The zero-order valence-electron chi connectivity index (χ0n) is 14.3. The predicted octanol–water partition coefficient (Wildman–Crippen LogP) is 4.63. The molecule has 0 aliphatic heterocycles. The smallest absolute Gasteiger partial charge is 0.238 e. The fraction of sp³-hybridized carbons (Fsp3) is 0.190. The average molecular weight is 370 g/mol. The van der Waals surface area contributed by atoms with Crippen LogP contribution < -0.4 is 4.74 Å². The summed E-state index contributed by atoms with van der Waals surface area (Å²) in [5.41, 5.74) is 2.08. The fourth-order valence-electron chi connectivity index (χ4n) is 2.60. The van der Waals surface area contributed by atoms with Crippen molar-refractivity contribution in [2.75, 3.05) is 5.88 Å². The summed E-state index contributed by atoms with van der Waals surface area (Å²) in [6.07, 6.45) is 1.59. The Kier molecular flexibility index (Phi) is 6.34. The Balaban J connectivity index is 1.66. The molecule has 3 aromatic rings. The van der Waals surface area contributed by atoms with Crippen LogP contribution in [0.3, 0.4) is 0 Å². The summed E-state index contributed by atoms with van der Waals surface area (Å²) in [4.78, 5) is 13.8. The molecule has 0 unspecified atom stereocenters. The predicted molar refractivity (Wildman–Crippen MR) is 101 cm³/mol. The van der Waals surface area contributed by atoms with Crippen molar-refractivity contribution in [3.05, 3.63) is 89.9 Å². The maximum absolute atomic E-state index is 12.2. The number of nitrogens with zero attached hydrogens (tertiary/aromatic N) is 1. The van der Waals surface area contributed by atoms with Crippen LogP contribution in [0.2, 0.25) is 0 Å². The van der Waals surface area contributed by atoms with Crippen LogP contribution in [0.25, 0.3) is 0 Å². The Morgan fingerprint density at radius 3 is 2.50 bits per heavy atom. The lowest BCUT2D eigenvalue weighted by Crippen LogP contribution is -2.30. The van der Waals surface area contributed by atoms with Gasteiger partial charge in [0.05, 0.1) is 12.8 Å². The Morgan fingerprint density at radius 2 is 1.77 bits per heavy atom. The fourth-order valence-corrected chi connectivity index (χ4v) is 2.77. The van der Waals surface area contributed by atoms with Gasteiger partial charge in [-0.3, -0.25) is 4.79 Å². The lowest BCUT2D eigenvalue weighted by molar-refractivity contribution is -0.130. The first-order valence-electron chi connectivity index (χ1n) is 8.36. The van der Waals surface area contributed by atoms with Crippen molar-refractivity contribution in [3.8, 4) is 5.75 Å². The molecule has 0 atom stereocenters. The quantitative estimate of drug-likeness (QED) is 0.544. The van der Waals surface area contributed by atoms with Crippen molar-refractivity contribution in [3.63, 3.8) is 0 Å². The van der Waals surface area contributed by atoms with Gasteiger partial charge in [-0.2, -0.15) is 0 Å². The molecular weight excluding hydrogens is 350 g/mol. The molecule has 3 rings (SSSR count). The highest BCUT2D eigenvalue weighted by Gasteiger charge is 2.15. The SMILES string of the molecule is O=C(CCl)N(Cc1cccc(OCc2ccccc2)c1)Cc1ccco1. The molecule has 0 aliphatic rings. The highest BCUT2D eigenvalue weighted by molar-refractivity contribution is 6.27. The van der Waals surface area contributed by atoms with E-state index in [2.05, 4.69) is 0 Å². The lowest BCUT2D eigenvalue weighted by atomic mass is 10.2. The molecule has 0 radical (unpaired) electrons. The molecule has 1 heterocycles. The van der Waals surface area contributed by atoms with Crippen LogP contribution in [0.15, 0.2) is 77.4 Å². The van der Waals surface area contributed by atoms with Crippen LogP contribution in [0.5, 0.6) is 5.75 Å². The first-order valence-corrected chi connectivity index (χ1v) is 8.90. The van der Waals surface area contributed by atoms with Crippen molar-refractivity contribution in [2.45, 2.75) is 19.7 Å². The van der Waals surface area contributed by atoms with E-state index in [1.807, 2.05) is 60.7 Å². The molecule has 4 nitrogen and oxygen atoms in total. The number of alkyl halides is 1. The summed E-state index contributed by atoms with van der Waals surface area (Å²) >= 11 is 5.76. The van der Waals surface area contributed by atoms with Crippen molar-refractivity contribution in [2.24, 2.45) is 0 Å². The minimum Gasteiger partial charge on any atom is -0.489 e. The minimum absolute atomic E-state index is 0.0646. The largest absolute Gasteiger partial charge is 0.489 e. The maximum Gasteiger partial charge on any atom is 0.238 e. The summed E-state index contributed by atoms with van der Waals surface area (Å²) in [5, 5.41) is 0. The molecule has 134 valence electrons. The number of hydrogen-bond donors (Lipinski definition) is 0. The van der Waals surface area contributed by atoms with E-state index in [9.17, 15) is 4.79 Å². The molecule has 0 spiro atoms. The van der Waals surface area contributed by atoms with Gasteiger partial charge in [-0.05, 0) is 35.4 Å². The van der Waals surface area contributed by atoms with Gasteiger partial charge in [-0.25, -0.2) is 0 Å². The number of benzene rings is 2. The topological polar surface area (TPSA) is 42.7 Å². The van der Waals surface area contributed by atoms with Gasteiger partial charge in [0.2, 0.25) is 5.91 Å². The monoisotopic (exact) mass is 369 g/mol. The zero-order valence-corrected chi connectivity index (χ0v) is 15.1. The number of amides is 1.